The molecule has 0 heterocycles. The van der Waals surface area contributed by atoms with Gasteiger partial charge < -0.3 is 4.55 Å². The van der Waals surface area contributed by atoms with E-state index in [0.717, 1.165) is 11.1 Å². The zero-order valence-corrected chi connectivity index (χ0v) is 7.93. The van der Waals surface area contributed by atoms with Crippen LogP contribution in [0.2, 0.25) is 0 Å². The highest BCUT2D eigenvalue weighted by Crippen LogP contribution is 2.17. The lowest BCUT2D eigenvalue weighted by atomic mass is 10.1. The molecule has 1 rings (SSSR count). The van der Waals surface area contributed by atoms with Crippen LogP contribution in [0.25, 0.3) is 0 Å². The minimum Gasteiger partial charge on any atom is -0.772 e. The Labute approximate surface area is 74.9 Å². The summed E-state index contributed by atoms with van der Waals surface area (Å²) in [5.41, 5.74) is 1.98. The lowest BCUT2D eigenvalue weighted by Gasteiger charge is -2.14. The smallest absolute Gasteiger partial charge is 0.0436 e. The van der Waals surface area contributed by atoms with Gasteiger partial charge in [0, 0.05) is 5.25 Å². The summed E-state index contributed by atoms with van der Waals surface area (Å²) in [7, 11) is 0. The highest BCUT2D eigenvalue weighted by atomic mass is 32.2. The summed E-state index contributed by atoms with van der Waals surface area (Å²) in [5.74, 6) is 0. The lowest BCUT2D eigenvalue weighted by molar-refractivity contribution is 0.527. The Bertz CT molecular complexity index is 279. The van der Waals surface area contributed by atoms with Gasteiger partial charge >= 0.3 is 0 Å². The first kappa shape index (κ1) is 9.42. The molecule has 2 nitrogen and oxygen atoms in total. The molecule has 0 bridgehead atoms. The van der Waals surface area contributed by atoms with Crippen LogP contribution in [0.15, 0.2) is 24.3 Å². The van der Waals surface area contributed by atoms with Gasteiger partial charge in [0.1, 0.15) is 0 Å². The minimum atomic E-state index is -2.02. The van der Waals surface area contributed by atoms with Gasteiger partial charge in [-0.1, -0.05) is 29.8 Å². The van der Waals surface area contributed by atoms with Crippen molar-refractivity contribution in [1.29, 1.82) is 0 Å². The Morgan fingerprint density at radius 1 is 1.33 bits per heavy atom. The van der Waals surface area contributed by atoms with E-state index in [9.17, 15) is 8.76 Å². The SMILES string of the molecule is Cc1ccc(C(C)S(=O)[O-])cc1. The van der Waals surface area contributed by atoms with Crippen molar-refractivity contribution in [2.24, 2.45) is 0 Å². The predicted octanol–water partition coefficient (Wildman–Crippen LogP) is 1.94. The molecule has 0 amide bonds. The van der Waals surface area contributed by atoms with E-state index >= 15 is 0 Å². The van der Waals surface area contributed by atoms with Crippen LogP contribution in [0.3, 0.4) is 0 Å². The van der Waals surface area contributed by atoms with Crippen molar-refractivity contribution in [1.82, 2.24) is 0 Å². The first-order chi connectivity index (χ1) is 5.61. The molecule has 0 aliphatic rings. The Kier molecular flexibility index (Phi) is 3.00. The van der Waals surface area contributed by atoms with E-state index in [1.165, 1.54) is 0 Å². The van der Waals surface area contributed by atoms with Gasteiger partial charge in [0.25, 0.3) is 0 Å². The maximum absolute atomic E-state index is 10.6. The molecule has 3 heteroatoms. The summed E-state index contributed by atoms with van der Waals surface area (Å²) in [6.45, 7) is 3.65. The summed E-state index contributed by atoms with van der Waals surface area (Å²) >= 11 is -2.02. The maximum atomic E-state index is 10.6. The predicted molar refractivity (Wildman–Crippen MR) is 48.5 cm³/mol. The van der Waals surface area contributed by atoms with Crippen molar-refractivity contribution >= 4 is 11.1 Å². The van der Waals surface area contributed by atoms with Crippen LogP contribution in [0.4, 0.5) is 0 Å². The third-order valence-electron chi connectivity index (χ3n) is 1.84. The molecule has 0 spiro atoms. The Morgan fingerprint density at radius 3 is 2.25 bits per heavy atom. The molecule has 1 aromatic carbocycles. The second-order valence-corrected chi connectivity index (χ2v) is 4.04. The zero-order valence-electron chi connectivity index (χ0n) is 7.11. The van der Waals surface area contributed by atoms with Gasteiger partial charge in [-0.15, -0.1) is 0 Å². The fourth-order valence-corrected chi connectivity index (χ4v) is 1.33. The molecule has 0 N–H and O–H groups in total. The third kappa shape index (κ3) is 2.16. The number of rotatable bonds is 2. The van der Waals surface area contributed by atoms with Gasteiger partial charge in [-0.3, -0.25) is 4.21 Å². The van der Waals surface area contributed by atoms with Crippen molar-refractivity contribution < 1.29 is 8.76 Å². The fourth-order valence-electron chi connectivity index (χ4n) is 0.949. The molecule has 0 saturated carbocycles. The van der Waals surface area contributed by atoms with Crippen LogP contribution in [0.5, 0.6) is 0 Å². The van der Waals surface area contributed by atoms with Gasteiger partial charge in [0.05, 0.1) is 0 Å². The average molecular weight is 183 g/mol. The monoisotopic (exact) mass is 183 g/mol. The van der Waals surface area contributed by atoms with Crippen LogP contribution in [-0.2, 0) is 11.1 Å². The van der Waals surface area contributed by atoms with E-state index < -0.39 is 16.3 Å². The summed E-state index contributed by atoms with van der Waals surface area (Å²) in [5, 5.41) is -0.411. The topological polar surface area (TPSA) is 40.1 Å². The van der Waals surface area contributed by atoms with Crippen molar-refractivity contribution in [2.75, 3.05) is 0 Å². The summed E-state index contributed by atoms with van der Waals surface area (Å²) in [6, 6.07) is 7.52. The van der Waals surface area contributed by atoms with E-state index in [1.54, 1.807) is 6.92 Å². The maximum Gasteiger partial charge on any atom is 0.0436 e. The number of aryl methyl sites for hydroxylation is 1. The summed E-state index contributed by atoms with van der Waals surface area (Å²) < 4.78 is 21.2. The van der Waals surface area contributed by atoms with Crippen LogP contribution in [0, 0.1) is 6.92 Å². The van der Waals surface area contributed by atoms with Crippen molar-refractivity contribution in [3.05, 3.63) is 35.4 Å². The van der Waals surface area contributed by atoms with Crippen molar-refractivity contribution in [3.8, 4) is 0 Å². The number of hydrogen-bond donors (Lipinski definition) is 0. The average Bonchev–Trinajstić information content (AvgIpc) is 2.04. The lowest BCUT2D eigenvalue weighted by Crippen LogP contribution is -2.00. The largest absolute Gasteiger partial charge is 0.772 e. The van der Waals surface area contributed by atoms with E-state index in [1.807, 2.05) is 31.2 Å². The van der Waals surface area contributed by atoms with Crippen LogP contribution in [0.1, 0.15) is 23.3 Å². The summed E-state index contributed by atoms with van der Waals surface area (Å²) in [6.07, 6.45) is 0. The molecule has 0 aromatic heterocycles. The summed E-state index contributed by atoms with van der Waals surface area (Å²) in [4.78, 5) is 0. The molecular formula is C9H11O2S-. The first-order valence-electron chi connectivity index (χ1n) is 3.76. The molecule has 0 radical (unpaired) electrons. The van der Waals surface area contributed by atoms with Gasteiger partial charge in [-0.05, 0) is 30.5 Å². The Morgan fingerprint density at radius 2 is 1.83 bits per heavy atom. The van der Waals surface area contributed by atoms with Gasteiger partial charge in [0.15, 0.2) is 0 Å². The first-order valence-corrected chi connectivity index (χ1v) is 4.89. The Hall–Kier alpha value is -0.670. The highest BCUT2D eigenvalue weighted by Gasteiger charge is 2.03. The minimum absolute atomic E-state index is 0.411. The Balaban J connectivity index is 2.89. The molecule has 66 valence electrons. The standard InChI is InChI=1S/C9H12O2S/c1-7-3-5-9(6-4-7)8(2)12(10)11/h3-6,8H,1-2H3,(H,10,11)/p-1. The molecule has 0 aliphatic carbocycles. The van der Waals surface area contributed by atoms with E-state index in [-0.39, 0.29) is 0 Å². The molecule has 0 fully saturated rings. The molecule has 12 heavy (non-hydrogen) atoms. The molecule has 1 aromatic rings. The second-order valence-electron chi connectivity index (χ2n) is 2.81. The number of hydrogen-bond acceptors (Lipinski definition) is 2. The molecule has 2 atom stereocenters. The third-order valence-corrected chi connectivity index (χ3v) is 2.68. The highest BCUT2D eigenvalue weighted by molar-refractivity contribution is 7.79. The van der Waals surface area contributed by atoms with Crippen LogP contribution < -0.4 is 0 Å². The molecular weight excluding hydrogens is 172 g/mol. The number of benzene rings is 1. The van der Waals surface area contributed by atoms with Gasteiger partial charge in [0.2, 0.25) is 0 Å². The zero-order chi connectivity index (χ0) is 9.14. The van der Waals surface area contributed by atoms with Crippen LogP contribution >= 0.6 is 0 Å². The van der Waals surface area contributed by atoms with Crippen molar-refractivity contribution in [3.63, 3.8) is 0 Å². The van der Waals surface area contributed by atoms with Gasteiger partial charge in [-0.25, -0.2) is 0 Å². The molecule has 0 saturated heterocycles. The fraction of sp³-hybridized carbons (Fsp3) is 0.333. The van der Waals surface area contributed by atoms with Gasteiger partial charge in [-0.2, -0.15) is 0 Å². The molecule has 2 unspecified atom stereocenters. The van der Waals surface area contributed by atoms with Crippen molar-refractivity contribution in [2.45, 2.75) is 19.1 Å². The van der Waals surface area contributed by atoms with E-state index in [2.05, 4.69) is 0 Å². The van der Waals surface area contributed by atoms with Crippen LogP contribution in [-0.4, -0.2) is 8.76 Å². The molecule has 0 aliphatic heterocycles. The second kappa shape index (κ2) is 3.83. The van der Waals surface area contributed by atoms with E-state index in [4.69, 9.17) is 0 Å². The quantitative estimate of drug-likeness (QED) is 0.657. The van der Waals surface area contributed by atoms with E-state index in [0.29, 0.717) is 0 Å². The normalized spacial score (nSPS) is 15.6.